The minimum atomic E-state index is -0.584. The first-order valence-electron chi connectivity index (χ1n) is 6.65. The van der Waals surface area contributed by atoms with E-state index in [1.54, 1.807) is 24.3 Å². The van der Waals surface area contributed by atoms with Gasteiger partial charge in [0.15, 0.2) is 0 Å². The van der Waals surface area contributed by atoms with Crippen molar-refractivity contribution in [3.8, 4) is 5.69 Å². The third-order valence-electron chi connectivity index (χ3n) is 3.23. The van der Waals surface area contributed by atoms with Crippen molar-refractivity contribution in [2.24, 2.45) is 0 Å². The molecule has 1 amide bonds. The summed E-state index contributed by atoms with van der Waals surface area (Å²) in [5.74, 6) is -1.09. The number of carbonyl (C=O) groups excluding carboxylic acids is 1. The fourth-order valence-electron chi connectivity index (χ4n) is 2.13. The second-order valence-electron chi connectivity index (χ2n) is 4.83. The molecule has 0 bridgehead atoms. The van der Waals surface area contributed by atoms with Gasteiger partial charge in [-0.25, -0.2) is 9.07 Å². The number of anilines is 1. The highest BCUT2D eigenvalue weighted by atomic mass is 79.9. The highest BCUT2D eigenvalue weighted by molar-refractivity contribution is 9.10. The number of hydrogen-bond acceptors (Lipinski definition) is 4. The van der Waals surface area contributed by atoms with Crippen LogP contribution in [0.5, 0.6) is 0 Å². The van der Waals surface area contributed by atoms with Gasteiger partial charge in [-0.15, -0.1) is 5.10 Å². The van der Waals surface area contributed by atoms with Crippen molar-refractivity contribution in [2.45, 2.75) is 6.92 Å². The van der Waals surface area contributed by atoms with Crippen LogP contribution in [0.4, 0.5) is 10.1 Å². The minimum Gasteiger partial charge on any atom is -0.322 e. The van der Waals surface area contributed by atoms with Crippen molar-refractivity contribution >= 4 is 27.5 Å². The van der Waals surface area contributed by atoms with E-state index in [0.29, 0.717) is 10.2 Å². The van der Waals surface area contributed by atoms with Gasteiger partial charge < -0.3 is 5.32 Å². The molecule has 6 nitrogen and oxygen atoms in total. The summed E-state index contributed by atoms with van der Waals surface area (Å²) in [7, 11) is 0. The van der Waals surface area contributed by atoms with Crippen LogP contribution in [-0.2, 0) is 0 Å². The average molecular weight is 376 g/mol. The minimum absolute atomic E-state index is 0.0181. The van der Waals surface area contributed by atoms with Crippen LogP contribution in [0.25, 0.3) is 5.69 Å². The van der Waals surface area contributed by atoms with E-state index in [1.807, 2.05) is 6.92 Å². The van der Waals surface area contributed by atoms with Gasteiger partial charge in [0.05, 0.1) is 11.3 Å². The number of amides is 1. The van der Waals surface area contributed by atoms with E-state index in [-0.39, 0.29) is 5.56 Å². The lowest BCUT2D eigenvalue weighted by molar-refractivity contribution is 0.102. The van der Waals surface area contributed by atoms with E-state index in [4.69, 9.17) is 0 Å². The summed E-state index contributed by atoms with van der Waals surface area (Å²) >= 11 is 3.16. The first-order chi connectivity index (χ1) is 11.0. The number of halogens is 2. The third kappa shape index (κ3) is 3.26. The Morgan fingerprint density at radius 3 is 2.74 bits per heavy atom. The third-order valence-corrected chi connectivity index (χ3v) is 3.72. The number of rotatable bonds is 3. The molecule has 3 aromatic rings. The van der Waals surface area contributed by atoms with Crippen LogP contribution in [0.1, 0.15) is 15.9 Å². The zero-order valence-corrected chi connectivity index (χ0v) is 13.6. The van der Waals surface area contributed by atoms with Gasteiger partial charge in [0.1, 0.15) is 12.1 Å². The number of benzene rings is 2. The molecule has 0 atom stereocenters. The summed E-state index contributed by atoms with van der Waals surface area (Å²) in [5.41, 5.74) is 2.20. The Kier molecular flexibility index (Phi) is 4.16. The van der Waals surface area contributed by atoms with Crippen molar-refractivity contribution < 1.29 is 9.18 Å². The second-order valence-corrected chi connectivity index (χ2v) is 5.75. The zero-order valence-electron chi connectivity index (χ0n) is 12.0. The summed E-state index contributed by atoms with van der Waals surface area (Å²) in [4.78, 5) is 12.2. The quantitative estimate of drug-likeness (QED) is 0.763. The van der Waals surface area contributed by atoms with E-state index < -0.39 is 11.7 Å². The monoisotopic (exact) mass is 375 g/mol. The molecule has 0 saturated heterocycles. The maximum Gasteiger partial charge on any atom is 0.258 e. The van der Waals surface area contributed by atoms with E-state index in [2.05, 4.69) is 36.8 Å². The Morgan fingerprint density at radius 1 is 1.26 bits per heavy atom. The summed E-state index contributed by atoms with van der Waals surface area (Å²) in [6, 6.07) is 9.55. The molecule has 1 aromatic heterocycles. The van der Waals surface area contributed by atoms with E-state index in [9.17, 15) is 9.18 Å². The van der Waals surface area contributed by atoms with Gasteiger partial charge in [-0.05, 0) is 59.3 Å². The van der Waals surface area contributed by atoms with E-state index in [0.717, 1.165) is 11.3 Å². The molecule has 8 heteroatoms. The molecule has 0 unspecified atom stereocenters. The molecule has 0 aliphatic rings. The Balaban J connectivity index is 1.83. The molecule has 116 valence electrons. The molecule has 0 aliphatic carbocycles. The number of aromatic nitrogens is 4. The molecular formula is C15H11BrFN5O. The van der Waals surface area contributed by atoms with Crippen LogP contribution in [0.2, 0.25) is 0 Å². The normalized spacial score (nSPS) is 10.6. The van der Waals surface area contributed by atoms with Crippen molar-refractivity contribution in [3.05, 3.63) is 64.1 Å². The van der Waals surface area contributed by atoms with E-state index in [1.165, 1.54) is 23.1 Å². The fourth-order valence-corrected chi connectivity index (χ4v) is 2.47. The molecule has 0 radical (unpaired) electrons. The van der Waals surface area contributed by atoms with Gasteiger partial charge >= 0.3 is 0 Å². The largest absolute Gasteiger partial charge is 0.322 e. The summed E-state index contributed by atoms with van der Waals surface area (Å²) in [6.07, 6.45) is 1.48. The number of carbonyl (C=O) groups is 1. The molecule has 1 heterocycles. The second kappa shape index (κ2) is 6.25. The molecule has 1 N–H and O–H groups in total. The van der Waals surface area contributed by atoms with Crippen molar-refractivity contribution in [1.82, 2.24) is 20.2 Å². The fraction of sp³-hybridized carbons (Fsp3) is 0.0667. The van der Waals surface area contributed by atoms with Crippen molar-refractivity contribution in [3.63, 3.8) is 0 Å². The van der Waals surface area contributed by atoms with Gasteiger partial charge in [0.2, 0.25) is 0 Å². The number of tetrazole rings is 1. The predicted molar refractivity (Wildman–Crippen MR) is 85.9 cm³/mol. The Labute approximate surface area is 139 Å². The molecular weight excluding hydrogens is 365 g/mol. The molecule has 23 heavy (non-hydrogen) atoms. The highest BCUT2D eigenvalue weighted by Crippen LogP contribution is 2.20. The lowest BCUT2D eigenvalue weighted by Crippen LogP contribution is -2.14. The van der Waals surface area contributed by atoms with Crippen LogP contribution in [0.3, 0.4) is 0 Å². The highest BCUT2D eigenvalue weighted by Gasteiger charge is 2.13. The lowest BCUT2D eigenvalue weighted by atomic mass is 10.1. The van der Waals surface area contributed by atoms with Crippen LogP contribution in [0, 0.1) is 12.7 Å². The predicted octanol–water partition coefficient (Wildman–Crippen LogP) is 3.12. The van der Waals surface area contributed by atoms with Crippen molar-refractivity contribution in [1.29, 1.82) is 0 Å². The standard InChI is InChI=1S/C15H11BrFN5O/c1-9-6-11(3-5-14(9)22-8-18-20-21-22)19-15(23)12-4-2-10(16)7-13(12)17/h2-8H,1H3,(H,19,23). The van der Waals surface area contributed by atoms with E-state index >= 15 is 0 Å². The molecule has 2 aromatic carbocycles. The summed E-state index contributed by atoms with van der Waals surface area (Å²) < 4.78 is 15.9. The van der Waals surface area contributed by atoms with Crippen LogP contribution in [0.15, 0.2) is 47.2 Å². The van der Waals surface area contributed by atoms with Crippen LogP contribution < -0.4 is 5.32 Å². The molecule has 0 aliphatic heterocycles. The lowest BCUT2D eigenvalue weighted by Gasteiger charge is -2.10. The number of aryl methyl sites for hydroxylation is 1. The van der Waals surface area contributed by atoms with Crippen LogP contribution >= 0.6 is 15.9 Å². The zero-order chi connectivity index (χ0) is 16.4. The maximum atomic E-state index is 13.8. The smallest absolute Gasteiger partial charge is 0.258 e. The molecule has 0 spiro atoms. The number of nitrogens with one attached hydrogen (secondary N) is 1. The SMILES string of the molecule is Cc1cc(NC(=O)c2ccc(Br)cc2F)ccc1-n1cnnn1. The number of hydrogen-bond donors (Lipinski definition) is 1. The Morgan fingerprint density at radius 2 is 2.09 bits per heavy atom. The summed E-state index contributed by atoms with van der Waals surface area (Å²) in [5, 5.41) is 13.7. The molecule has 0 fully saturated rings. The maximum absolute atomic E-state index is 13.8. The van der Waals surface area contributed by atoms with Gasteiger partial charge in [-0.1, -0.05) is 15.9 Å². The van der Waals surface area contributed by atoms with Gasteiger partial charge in [0.25, 0.3) is 5.91 Å². The first-order valence-corrected chi connectivity index (χ1v) is 7.44. The van der Waals surface area contributed by atoms with Crippen LogP contribution in [-0.4, -0.2) is 26.1 Å². The molecule has 3 rings (SSSR count). The van der Waals surface area contributed by atoms with Gasteiger partial charge in [0, 0.05) is 10.2 Å². The van der Waals surface area contributed by atoms with Gasteiger partial charge in [-0.3, -0.25) is 4.79 Å². The Bertz CT molecular complexity index is 866. The van der Waals surface area contributed by atoms with Crippen molar-refractivity contribution in [2.75, 3.05) is 5.32 Å². The Hall–Kier alpha value is -2.61. The van der Waals surface area contributed by atoms with Gasteiger partial charge in [-0.2, -0.15) is 0 Å². The first kappa shape index (κ1) is 15.3. The number of nitrogens with zero attached hydrogens (tertiary/aromatic N) is 4. The topological polar surface area (TPSA) is 72.7 Å². The summed E-state index contributed by atoms with van der Waals surface area (Å²) in [6.45, 7) is 1.87. The average Bonchev–Trinajstić information content (AvgIpc) is 3.01. The molecule has 0 saturated carbocycles.